The van der Waals surface area contributed by atoms with Crippen LogP contribution in [-0.4, -0.2) is 32.8 Å². The third-order valence-electron chi connectivity index (χ3n) is 3.13. The van der Waals surface area contributed by atoms with Crippen LogP contribution in [0.2, 0.25) is 0 Å². The molecule has 20 heavy (non-hydrogen) atoms. The zero-order valence-corrected chi connectivity index (χ0v) is 10.6. The van der Waals surface area contributed by atoms with Gasteiger partial charge in [0, 0.05) is 0 Å². The van der Waals surface area contributed by atoms with E-state index in [0.29, 0.717) is 0 Å². The fourth-order valence-corrected chi connectivity index (χ4v) is 2.16. The Labute approximate surface area is 113 Å². The molecular formula is C10H14N6O4. The van der Waals surface area contributed by atoms with Crippen molar-refractivity contribution in [1.82, 2.24) is 20.6 Å². The van der Waals surface area contributed by atoms with Crippen LogP contribution in [0.5, 0.6) is 11.8 Å². The third kappa shape index (κ3) is 2.44. The standard InChI is InChI=1S/C10H14N6O4/c11-7-9(15-19-13-7)17-5-3-1-2-4-6(5)18-10-8(12)14-20-16-10/h5-6H,1-4H2,(H2,11,13)(H2,12,14)/t5-,6-/m0/s1. The summed E-state index contributed by atoms with van der Waals surface area (Å²) in [6, 6.07) is 0. The van der Waals surface area contributed by atoms with E-state index in [1.807, 2.05) is 0 Å². The zero-order valence-electron chi connectivity index (χ0n) is 10.6. The summed E-state index contributed by atoms with van der Waals surface area (Å²) in [5.41, 5.74) is 11.1. The van der Waals surface area contributed by atoms with Gasteiger partial charge in [0.25, 0.3) is 0 Å². The molecule has 2 aromatic rings. The lowest BCUT2D eigenvalue weighted by molar-refractivity contribution is 0.0149. The second-order valence-electron chi connectivity index (χ2n) is 4.51. The van der Waals surface area contributed by atoms with Gasteiger partial charge in [-0.3, -0.25) is 0 Å². The quantitative estimate of drug-likeness (QED) is 0.805. The topological polar surface area (TPSA) is 148 Å². The van der Waals surface area contributed by atoms with Gasteiger partial charge in [0.1, 0.15) is 12.2 Å². The van der Waals surface area contributed by atoms with E-state index in [1.165, 1.54) is 0 Å². The molecule has 0 unspecified atom stereocenters. The largest absolute Gasteiger partial charge is 0.466 e. The monoisotopic (exact) mass is 282 g/mol. The van der Waals surface area contributed by atoms with Gasteiger partial charge in [-0.2, -0.15) is 0 Å². The molecule has 1 aliphatic carbocycles. The lowest BCUT2D eigenvalue weighted by Gasteiger charge is -2.30. The Morgan fingerprint density at radius 2 is 1.25 bits per heavy atom. The number of nitrogens with two attached hydrogens (primary N) is 2. The SMILES string of the molecule is Nc1nonc1O[C@H]1CCCC[C@@H]1Oc1nonc1N. The Morgan fingerprint density at radius 3 is 1.60 bits per heavy atom. The predicted octanol–water partition coefficient (Wildman–Crippen LogP) is 0.386. The van der Waals surface area contributed by atoms with Crippen molar-refractivity contribution in [3.05, 3.63) is 0 Å². The average Bonchev–Trinajstić information content (AvgIpc) is 3.02. The summed E-state index contributed by atoms with van der Waals surface area (Å²) in [5.74, 6) is 0.544. The number of nitrogens with zero attached hydrogens (tertiary/aromatic N) is 4. The molecule has 1 saturated carbocycles. The normalized spacial score (nSPS) is 22.6. The molecule has 10 heteroatoms. The van der Waals surface area contributed by atoms with Gasteiger partial charge in [0.2, 0.25) is 11.6 Å². The number of aromatic nitrogens is 4. The molecule has 0 saturated heterocycles. The van der Waals surface area contributed by atoms with Gasteiger partial charge < -0.3 is 20.9 Å². The molecule has 2 aromatic heterocycles. The van der Waals surface area contributed by atoms with E-state index in [0.717, 1.165) is 25.7 Å². The fourth-order valence-electron chi connectivity index (χ4n) is 2.16. The van der Waals surface area contributed by atoms with Gasteiger partial charge in [-0.15, -0.1) is 0 Å². The lowest BCUT2D eigenvalue weighted by atomic mass is 9.94. The summed E-state index contributed by atoms with van der Waals surface area (Å²) < 4.78 is 20.4. The van der Waals surface area contributed by atoms with E-state index in [2.05, 4.69) is 29.9 Å². The second kappa shape index (κ2) is 5.23. The maximum absolute atomic E-state index is 5.69. The first-order valence-corrected chi connectivity index (χ1v) is 6.23. The van der Waals surface area contributed by atoms with Gasteiger partial charge in [0.05, 0.1) is 0 Å². The van der Waals surface area contributed by atoms with E-state index in [9.17, 15) is 0 Å². The van der Waals surface area contributed by atoms with Crippen molar-refractivity contribution in [3.8, 4) is 11.8 Å². The first kappa shape index (κ1) is 12.5. The molecule has 0 radical (unpaired) electrons. The van der Waals surface area contributed by atoms with E-state index < -0.39 is 0 Å². The lowest BCUT2D eigenvalue weighted by Crippen LogP contribution is -2.39. The summed E-state index contributed by atoms with van der Waals surface area (Å²) >= 11 is 0. The van der Waals surface area contributed by atoms with Crippen molar-refractivity contribution in [2.24, 2.45) is 0 Å². The fraction of sp³-hybridized carbons (Fsp3) is 0.600. The van der Waals surface area contributed by atoms with E-state index in [4.69, 9.17) is 20.9 Å². The molecule has 1 fully saturated rings. The number of rotatable bonds is 4. The minimum Gasteiger partial charge on any atom is -0.466 e. The van der Waals surface area contributed by atoms with Crippen molar-refractivity contribution in [2.75, 3.05) is 11.5 Å². The van der Waals surface area contributed by atoms with Gasteiger partial charge in [-0.05, 0) is 46.3 Å². The summed E-state index contributed by atoms with van der Waals surface area (Å²) in [4.78, 5) is 0. The number of anilines is 2. The second-order valence-corrected chi connectivity index (χ2v) is 4.51. The number of ether oxygens (including phenoxy) is 2. The van der Waals surface area contributed by atoms with Gasteiger partial charge >= 0.3 is 11.8 Å². The summed E-state index contributed by atoms with van der Waals surface area (Å²) in [5, 5.41) is 14.1. The Morgan fingerprint density at radius 1 is 0.800 bits per heavy atom. The summed E-state index contributed by atoms with van der Waals surface area (Å²) in [6.45, 7) is 0. The molecule has 2 atom stereocenters. The van der Waals surface area contributed by atoms with Crippen molar-refractivity contribution >= 4 is 11.6 Å². The molecule has 3 rings (SSSR count). The van der Waals surface area contributed by atoms with E-state index in [1.54, 1.807) is 0 Å². The van der Waals surface area contributed by atoms with Crippen LogP contribution in [0.25, 0.3) is 0 Å². The van der Waals surface area contributed by atoms with Gasteiger partial charge in [-0.1, -0.05) is 0 Å². The van der Waals surface area contributed by atoms with Crippen LogP contribution >= 0.6 is 0 Å². The average molecular weight is 282 g/mol. The summed E-state index contributed by atoms with van der Waals surface area (Å²) in [7, 11) is 0. The van der Waals surface area contributed by atoms with E-state index >= 15 is 0 Å². The van der Waals surface area contributed by atoms with Crippen LogP contribution in [-0.2, 0) is 0 Å². The minimum absolute atomic E-state index is 0.108. The van der Waals surface area contributed by atoms with Crippen molar-refractivity contribution < 1.29 is 18.7 Å². The van der Waals surface area contributed by atoms with Crippen LogP contribution in [0.3, 0.4) is 0 Å². The Hall–Kier alpha value is -2.52. The molecule has 0 amide bonds. The first-order chi connectivity index (χ1) is 9.74. The van der Waals surface area contributed by atoms with Crippen molar-refractivity contribution in [2.45, 2.75) is 37.9 Å². The smallest absolute Gasteiger partial charge is 0.300 e. The van der Waals surface area contributed by atoms with Gasteiger partial charge in [0.15, 0.2) is 0 Å². The molecule has 10 nitrogen and oxygen atoms in total. The number of hydrogen-bond donors (Lipinski definition) is 2. The highest BCUT2D eigenvalue weighted by Gasteiger charge is 2.31. The molecular weight excluding hydrogens is 268 g/mol. The molecule has 0 aromatic carbocycles. The van der Waals surface area contributed by atoms with Gasteiger partial charge in [-0.25, -0.2) is 9.26 Å². The molecule has 0 bridgehead atoms. The highest BCUT2D eigenvalue weighted by molar-refractivity contribution is 5.38. The van der Waals surface area contributed by atoms with Crippen LogP contribution in [0.1, 0.15) is 25.7 Å². The highest BCUT2D eigenvalue weighted by atomic mass is 16.6. The number of hydrogen-bond acceptors (Lipinski definition) is 10. The van der Waals surface area contributed by atoms with Crippen LogP contribution < -0.4 is 20.9 Å². The molecule has 0 aliphatic heterocycles. The maximum Gasteiger partial charge on any atom is 0.300 e. The molecule has 1 aliphatic rings. The molecule has 108 valence electrons. The maximum atomic E-state index is 5.69. The Bertz CT molecular complexity index is 519. The number of nitrogen functional groups attached to an aromatic ring is 2. The molecule has 4 N–H and O–H groups in total. The van der Waals surface area contributed by atoms with Crippen molar-refractivity contribution in [3.63, 3.8) is 0 Å². The van der Waals surface area contributed by atoms with E-state index in [-0.39, 0.29) is 35.6 Å². The zero-order chi connectivity index (χ0) is 13.9. The van der Waals surface area contributed by atoms with Crippen LogP contribution in [0.15, 0.2) is 9.26 Å². The molecule has 0 spiro atoms. The third-order valence-corrected chi connectivity index (χ3v) is 3.13. The summed E-state index contributed by atoms with van der Waals surface area (Å²) in [6.07, 6.45) is 3.14. The van der Waals surface area contributed by atoms with Crippen molar-refractivity contribution in [1.29, 1.82) is 0 Å². The molecule has 2 heterocycles. The highest BCUT2D eigenvalue weighted by Crippen LogP contribution is 2.29. The first-order valence-electron chi connectivity index (χ1n) is 6.23. The predicted molar refractivity (Wildman–Crippen MR) is 64.7 cm³/mol. The minimum atomic E-state index is -0.242. The Balaban J connectivity index is 1.71. The van der Waals surface area contributed by atoms with Crippen LogP contribution in [0, 0.1) is 0 Å². The van der Waals surface area contributed by atoms with Crippen LogP contribution in [0.4, 0.5) is 11.6 Å². The Kier molecular flexibility index (Phi) is 3.27.